The first kappa shape index (κ1) is 16.1. The Morgan fingerprint density at radius 2 is 1.95 bits per heavy atom. The lowest BCUT2D eigenvalue weighted by atomic mass is 9.96. The summed E-state index contributed by atoms with van der Waals surface area (Å²) in [5, 5.41) is 2.69. The molecule has 0 spiro atoms. The number of piperidine rings is 1. The van der Waals surface area contributed by atoms with Crippen molar-refractivity contribution in [2.75, 3.05) is 20.1 Å². The van der Waals surface area contributed by atoms with E-state index in [0.717, 1.165) is 17.3 Å². The number of amides is 2. The average molecular weight is 356 g/mol. The van der Waals surface area contributed by atoms with Gasteiger partial charge in [0.1, 0.15) is 5.69 Å². The highest BCUT2D eigenvalue weighted by Gasteiger charge is 2.28. The number of carbonyl (C=O) groups is 2. The lowest BCUT2D eigenvalue weighted by Crippen LogP contribution is -2.43. The normalized spacial score (nSPS) is 16.3. The predicted molar refractivity (Wildman–Crippen MR) is 85.2 cm³/mol. The molecule has 6 heteroatoms. The molecule has 5 nitrogen and oxygen atoms in total. The highest BCUT2D eigenvalue weighted by molar-refractivity contribution is 9.10. The van der Waals surface area contributed by atoms with Crippen molar-refractivity contribution >= 4 is 27.7 Å². The van der Waals surface area contributed by atoms with Crippen LogP contribution in [-0.4, -0.2) is 41.4 Å². The summed E-state index contributed by atoms with van der Waals surface area (Å²) in [4.78, 5) is 26.2. The van der Waals surface area contributed by atoms with Crippen LogP contribution in [0.15, 0.2) is 16.7 Å². The Morgan fingerprint density at radius 3 is 2.48 bits per heavy atom. The molecule has 1 aromatic heterocycles. The van der Waals surface area contributed by atoms with E-state index in [2.05, 4.69) is 35.1 Å². The van der Waals surface area contributed by atoms with Crippen LogP contribution in [0, 0.1) is 5.92 Å². The van der Waals surface area contributed by atoms with Gasteiger partial charge in [-0.1, -0.05) is 0 Å². The zero-order chi connectivity index (χ0) is 15.6. The molecule has 2 rings (SSSR count). The molecule has 2 heterocycles. The minimum absolute atomic E-state index is 0.0303. The van der Waals surface area contributed by atoms with Gasteiger partial charge in [-0.25, -0.2) is 0 Å². The van der Waals surface area contributed by atoms with Crippen LogP contribution in [0.25, 0.3) is 0 Å². The van der Waals surface area contributed by atoms with Crippen LogP contribution in [0.1, 0.15) is 43.2 Å². The molecular weight excluding hydrogens is 334 g/mol. The Bertz CT molecular complexity index is 531. The van der Waals surface area contributed by atoms with Crippen LogP contribution in [-0.2, 0) is 4.79 Å². The second-order valence-corrected chi connectivity index (χ2v) is 6.64. The van der Waals surface area contributed by atoms with Crippen molar-refractivity contribution in [1.82, 2.24) is 14.8 Å². The predicted octanol–water partition coefficient (Wildman–Crippen LogP) is 2.43. The van der Waals surface area contributed by atoms with Gasteiger partial charge in [0.05, 0.1) is 0 Å². The highest BCUT2D eigenvalue weighted by Crippen LogP contribution is 2.23. The summed E-state index contributed by atoms with van der Waals surface area (Å²) in [6.45, 7) is 5.39. The summed E-state index contributed by atoms with van der Waals surface area (Å²) in [6.07, 6.45) is 3.40. The van der Waals surface area contributed by atoms with Crippen LogP contribution in [0.4, 0.5) is 0 Å². The smallest absolute Gasteiger partial charge is 0.270 e. The number of halogens is 1. The zero-order valence-electron chi connectivity index (χ0n) is 12.7. The second-order valence-electron chi connectivity index (χ2n) is 5.73. The number of hydrogen-bond acceptors (Lipinski definition) is 2. The molecule has 1 fully saturated rings. The molecule has 0 radical (unpaired) electrons. The topological polar surface area (TPSA) is 54.3 Å². The summed E-state index contributed by atoms with van der Waals surface area (Å²) in [7, 11) is 1.66. The van der Waals surface area contributed by atoms with E-state index in [1.54, 1.807) is 7.05 Å². The molecule has 116 valence electrons. The standard InChI is InChI=1S/C15H22BrN3O2/c1-10(2)19-9-12(16)8-13(19)15(21)18-6-4-11(5-7-18)14(20)17-3/h8-11H,4-7H2,1-3H3,(H,17,20). The molecule has 1 aromatic rings. The second kappa shape index (κ2) is 6.64. The van der Waals surface area contributed by atoms with Gasteiger partial charge in [-0.2, -0.15) is 0 Å². The molecule has 1 saturated heterocycles. The van der Waals surface area contributed by atoms with Crippen LogP contribution in [0.5, 0.6) is 0 Å². The molecule has 0 aromatic carbocycles. The van der Waals surface area contributed by atoms with Gasteiger partial charge >= 0.3 is 0 Å². The summed E-state index contributed by atoms with van der Waals surface area (Å²) in [5.41, 5.74) is 0.704. The van der Waals surface area contributed by atoms with Crippen molar-refractivity contribution in [3.05, 3.63) is 22.4 Å². The first-order valence-corrected chi connectivity index (χ1v) is 8.11. The molecule has 0 atom stereocenters. The van der Waals surface area contributed by atoms with Crippen LogP contribution < -0.4 is 5.32 Å². The third-order valence-electron chi connectivity index (χ3n) is 3.99. The van der Waals surface area contributed by atoms with Gasteiger partial charge in [0.15, 0.2) is 0 Å². The van der Waals surface area contributed by atoms with E-state index in [9.17, 15) is 9.59 Å². The van der Waals surface area contributed by atoms with Gasteiger partial charge in [-0.15, -0.1) is 0 Å². The Balaban J connectivity index is 2.07. The van der Waals surface area contributed by atoms with Crippen molar-refractivity contribution in [3.8, 4) is 0 Å². The third kappa shape index (κ3) is 3.48. The molecule has 1 aliphatic heterocycles. The van der Waals surface area contributed by atoms with Gasteiger partial charge in [0, 0.05) is 42.8 Å². The number of aromatic nitrogens is 1. The molecule has 2 amide bonds. The average Bonchev–Trinajstić information content (AvgIpc) is 2.88. The number of likely N-dealkylation sites (tertiary alicyclic amines) is 1. The van der Waals surface area contributed by atoms with Crippen molar-refractivity contribution in [3.63, 3.8) is 0 Å². The molecular formula is C15H22BrN3O2. The van der Waals surface area contributed by atoms with Gasteiger partial charge in [0.25, 0.3) is 5.91 Å². The van der Waals surface area contributed by atoms with E-state index >= 15 is 0 Å². The van der Waals surface area contributed by atoms with Gasteiger partial charge in [-0.05, 0) is 48.7 Å². The first-order chi connectivity index (χ1) is 9.93. The highest BCUT2D eigenvalue weighted by atomic mass is 79.9. The molecule has 1 N–H and O–H groups in total. The maximum Gasteiger partial charge on any atom is 0.270 e. The Kier molecular flexibility index (Phi) is 5.08. The maximum absolute atomic E-state index is 12.7. The van der Waals surface area contributed by atoms with Crippen LogP contribution in [0.3, 0.4) is 0 Å². The Morgan fingerprint density at radius 1 is 1.33 bits per heavy atom. The molecule has 0 saturated carbocycles. The SMILES string of the molecule is CNC(=O)C1CCN(C(=O)c2cc(Br)cn2C(C)C)CC1. The van der Waals surface area contributed by atoms with E-state index in [4.69, 9.17) is 0 Å². The Labute approximate surface area is 133 Å². The summed E-state index contributed by atoms with van der Waals surface area (Å²) < 4.78 is 2.90. The monoisotopic (exact) mass is 355 g/mol. The fourth-order valence-corrected chi connectivity index (χ4v) is 3.19. The lowest BCUT2D eigenvalue weighted by Gasteiger charge is -2.31. The number of hydrogen-bond donors (Lipinski definition) is 1. The van der Waals surface area contributed by atoms with Crippen molar-refractivity contribution < 1.29 is 9.59 Å². The molecule has 1 aliphatic rings. The number of carbonyl (C=O) groups excluding carboxylic acids is 2. The number of rotatable bonds is 3. The van der Waals surface area contributed by atoms with Gasteiger partial charge < -0.3 is 14.8 Å². The molecule has 0 unspecified atom stereocenters. The molecule has 21 heavy (non-hydrogen) atoms. The van der Waals surface area contributed by atoms with Crippen molar-refractivity contribution in [2.24, 2.45) is 5.92 Å². The largest absolute Gasteiger partial charge is 0.359 e. The number of nitrogens with zero attached hydrogens (tertiary/aromatic N) is 2. The van der Waals surface area contributed by atoms with E-state index in [0.29, 0.717) is 18.8 Å². The summed E-state index contributed by atoms with van der Waals surface area (Å²) >= 11 is 3.44. The quantitative estimate of drug-likeness (QED) is 0.905. The molecule has 0 bridgehead atoms. The van der Waals surface area contributed by atoms with E-state index < -0.39 is 0 Å². The fraction of sp³-hybridized carbons (Fsp3) is 0.600. The maximum atomic E-state index is 12.7. The molecule has 0 aliphatic carbocycles. The van der Waals surface area contributed by atoms with E-state index in [-0.39, 0.29) is 23.8 Å². The third-order valence-corrected chi connectivity index (χ3v) is 4.42. The van der Waals surface area contributed by atoms with Crippen molar-refractivity contribution in [1.29, 1.82) is 0 Å². The van der Waals surface area contributed by atoms with Gasteiger partial charge in [-0.3, -0.25) is 9.59 Å². The van der Waals surface area contributed by atoms with E-state index in [1.807, 2.05) is 21.7 Å². The minimum atomic E-state index is 0.0303. The summed E-state index contributed by atoms with van der Waals surface area (Å²) in [5.74, 6) is 0.155. The van der Waals surface area contributed by atoms with Crippen LogP contribution in [0.2, 0.25) is 0 Å². The van der Waals surface area contributed by atoms with Gasteiger partial charge in [0.2, 0.25) is 5.91 Å². The minimum Gasteiger partial charge on any atom is -0.359 e. The van der Waals surface area contributed by atoms with Crippen molar-refractivity contribution in [2.45, 2.75) is 32.7 Å². The zero-order valence-corrected chi connectivity index (χ0v) is 14.3. The van der Waals surface area contributed by atoms with Crippen LogP contribution >= 0.6 is 15.9 Å². The fourth-order valence-electron chi connectivity index (χ4n) is 2.76. The van der Waals surface area contributed by atoms with E-state index in [1.165, 1.54) is 0 Å². The lowest BCUT2D eigenvalue weighted by molar-refractivity contribution is -0.125. The first-order valence-electron chi connectivity index (χ1n) is 7.32. The summed E-state index contributed by atoms with van der Waals surface area (Å²) in [6, 6.07) is 2.10. The number of nitrogens with one attached hydrogen (secondary N) is 1. The Hall–Kier alpha value is -1.30.